The van der Waals surface area contributed by atoms with Gasteiger partial charge in [0.2, 0.25) is 5.91 Å². The van der Waals surface area contributed by atoms with Crippen molar-refractivity contribution in [1.29, 1.82) is 0 Å². The van der Waals surface area contributed by atoms with Crippen molar-refractivity contribution in [2.75, 3.05) is 37.4 Å². The molecular weight excluding hydrogens is 1090 g/mol. The Morgan fingerprint density at radius 1 is 0.904 bits per heavy atom. The summed E-state index contributed by atoms with van der Waals surface area (Å²) in [7, 11) is 4.53. The summed E-state index contributed by atoms with van der Waals surface area (Å²) in [4.78, 5) is 39.9. The Labute approximate surface area is 497 Å². The molecule has 83 heavy (non-hydrogen) atoms. The van der Waals surface area contributed by atoms with E-state index in [1.54, 1.807) is 23.1 Å². The Bertz CT molecular complexity index is 2990. The van der Waals surface area contributed by atoms with Crippen LogP contribution in [0.4, 0.5) is 5.69 Å². The summed E-state index contributed by atoms with van der Waals surface area (Å²) in [6, 6.07) is 5.44. The number of imidazole rings is 1. The third-order valence-corrected chi connectivity index (χ3v) is 29.8. The average molecular weight is 1180 g/mol. The van der Waals surface area contributed by atoms with E-state index in [4.69, 9.17) is 9.72 Å². The Kier molecular flexibility index (Phi) is 13.8. The summed E-state index contributed by atoms with van der Waals surface area (Å²) < 4.78 is 9.00. The largest absolute Gasteiger partial charge is 0.508 e. The zero-order valence-corrected chi connectivity index (χ0v) is 51.1. The highest BCUT2D eigenvalue weighted by Crippen LogP contribution is 2.83. The Morgan fingerprint density at radius 3 is 2.49 bits per heavy atom. The predicted molar refractivity (Wildman–Crippen MR) is 317 cm³/mol. The molecule has 0 unspecified atom stereocenters. The van der Waals surface area contributed by atoms with Gasteiger partial charge in [0.15, 0.2) is 5.78 Å². The number of aliphatic hydroxyl groups is 7. The van der Waals surface area contributed by atoms with Crippen molar-refractivity contribution in [3.05, 3.63) is 65.8 Å². The number of hydrogen-bond acceptors (Lipinski definition) is 15. The third kappa shape index (κ3) is 7.30. The molecule has 1 aromatic carbocycles. The molecule has 22 atom stereocenters. The van der Waals surface area contributed by atoms with Crippen LogP contribution in [0.25, 0.3) is 0 Å². The van der Waals surface area contributed by atoms with E-state index in [2.05, 4.69) is 49.7 Å². The first-order valence-corrected chi connectivity index (χ1v) is 34.5. The lowest BCUT2D eigenvalue weighted by atomic mass is 9.31. The van der Waals surface area contributed by atoms with Gasteiger partial charge in [0.05, 0.1) is 40.8 Å². The maximum atomic E-state index is 16.7. The highest BCUT2D eigenvalue weighted by Gasteiger charge is 2.84. The lowest BCUT2D eigenvalue weighted by Gasteiger charge is -2.74. The van der Waals surface area contributed by atoms with Crippen molar-refractivity contribution in [2.45, 2.75) is 197 Å². The van der Waals surface area contributed by atoms with Crippen molar-refractivity contribution in [3.8, 4) is 5.75 Å². The highest BCUT2D eigenvalue weighted by molar-refractivity contribution is 8.76. The summed E-state index contributed by atoms with van der Waals surface area (Å²) >= 11 is 0. The molecule has 8 fully saturated rings. The number of phenols is 1. The minimum atomic E-state index is -1.71. The molecular formula is C66H92N4O11S2. The van der Waals surface area contributed by atoms with Gasteiger partial charge in [0.1, 0.15) is 28.7 Å². The van der Waals surface area contributed by atoms with Crippen LogP contribution in [-0.4, -0.2) is 142 Å². The smallest absolute Gasteiger partial charge is 0.234 e. The number of hydrogen-bond donors (Lipinski definition) is 9. The molecule has 2 aromatic rings. The molecule has 16 rings (SSSR count). The maximum absolute atomic E-state index is 16.7. The number of carbonyl (C=O) groups is 2. The second-order valence-electron chi connectivity index (χ2n) is 29.8. The van der Waals surface area contributed by atoms with Crippen LogP contribution < -0.4 is 10.2 Å². The van der Waals surface area contributed by atoms with Gasteiger partial charge in [-0.05, 0) is 191 Å². The first kappa shape index (κ1) is 57.9. The van der Waals surface area contributed by atoms with Gasteiger partial charge in [-0.1, -0.05) is 67.9 Å². The van der Waals surface area contributed by atoms with Crippen molar-refractivity contribution >= 4 is 39.0 Å². The number of anilines is 1. The van der Waals surface area contributed by atoms with Crippen LogP contribution in [-0.2, 0) is 33.7 Å². The Balaban J connectivity index is 1.03. The van der Waals surface area contributed by atoms with E-state index in [0.717, 1.165) is 17.8 Å². The molecule has 6 spiro atoms. The van der Waals surface area contributed by atoms with Crippen LogP contribution in [0.15, 0.2) is 54.4 Å². The number of aliphatic hydroxyl groups excluding tert-OH is 5. The van der Waals surface area contributed by atoms with Crippen LogP contribution in [0.5, 0.6) is 5.75 Å². The number of allylic oxidation sites excluding steroid dienone is 2. The van der Waals surface area contributed by atoms with Gasteiger partial charge in [-0.2, -0.15) is 0 Å². The lowest BCUT2D eigenvalue weighted by Crippen LogP contribution is -2.76. The molecule has 6 aliphatic heterocycles. The number of nitrogens with one attached hydrogen (secondary N) is 1. The molecule has 1 aromatic heterocycles. The molecule has 8 aliphatic carbocycles. The number of rotatable bonds is 6. The molecule has 7 heterocycles. The van der Waals surface area contributed by atoms with Gasteiger partial charge in [-0.25, -0.2) is 4.98 Å². The number of aryl methyl sites for hydroxylation is 2. The van der Waals surface area contributed by atoms with Crippen LogP contribution in [0.1, 0.15) is 142 Å². The van der Waals surface area contributed by atoms with E-state index in [-0.39, 0.29) is 79.1 Å². The predicted octanol–water partition coefficient (Wildman–Crippen LogP) is 7.29. The van der Waals surface area contributed by atoms with Crippen molar-refractivity contribution in [2.24, 2.45) is 85.2 Å². The highest BCUT2D eigenvalue weighted by atomic mass is 33.1. The molecule has 454 valence electrons. The number of ether oxygens (including phenoxy) is 1. The number of aromatic nitrogens is 2. The molecule has 0 radical (unpaired) electrons. The number of ketones is 1. The number of aromatic hydroxyl groups is 1. The first-order valence-electron chi connectivity index (χ1n) is 32.1. The van der Waals surface area contributed by atoms with E-state index in [1.807, 2.05) is 25.5 Å². The molecule has 14 aliphatic rings. The van der Waals surface area contributed by atoms with Crippen molar-refractivity contribution < 1.29 is 55.2 Å². The normalized spacial score (nSPS) is 49.3. The summed E-state index contributed by atoms with van der Waals surface area (Å²) in [5, 5.41) is 109. The summed E-state index contributed by atoms with van der Waals surface area (Å²) in [6.07, 6.45) is 14.7. The Hall–Kier alpha value is -2.81. The molecule has 12 bridgehead atoms. The quantitative estimate of drug-likeness (QED) is 0.0784. The van der Waals surface area contributed by atoms with Crippen LogP contribution in [0.3, 0.4) is 0 Å². The zero-order valence-electron chi connectivity index (χ0n) is 49.4. The number of nitrogens with zero attached hydrogens (tertiary/aromatic N) is 3. The SMILES string of the molecule is CNC[C@@H]1CC[C@@]2(CN3C(=O)[C@@]24[C@H](CO)CCC[C@H]4CSS[C@@H](O)[C@]24C[C@@H](O)[C@@H](O)[C@]56CC[C@H](Cn7ccnc7CCC[C@]78C=CC[C@](O)([C@@H]9O[C@H]9[C@H](C)C(C)C)[C@H]9CC[C@@](O)(C(=CC2=O)[C@H](C7)[C@@]54C)[C@@]98CCc2cc(O)cc3c2)C6)[C@@H]1O. The van der Waals surface area contributed by atoms with Gasteiger partial charge in [0, 0.05) is 84.7 Å². The number of fused-ring (bicyclic) bond motifs is 3. The van der Waals surface area contributed by atoms with E-state index in [1.165, 1.54) is 21.6 Å². The molecule has 17 heteroatoms. The second-order valence-corrected chi connectivity index (χ2v) is 32.3. The van der Waals surface area contributed by atoms with Crippen LogP contribution >= 0.6 is 21.6 Å². The summed E-state index contributed by atoms with van der Waals surface area (Å²) in [5.74, 6) is -0.828. The van der Waals surface area contributed by atoms with E-state index < -0.39 is 96.7 Å². The molecule has 1 amide bonds. The standard InChI is InChI=1S/C66H92N4O11S2/c1-37(2)38(3)52-55(81-52)63(79)18-8-17-59-16-7-11-51-68-23-24-69(51)33-40-12-19-60(29-40)54(76)48(73)31-62-50(74)28-46(47(30-59)58(60,62)4)65(80)22-15-49(63)64(59,65)21-13-39-25-44(27-45(72)26-39)70-36-61(20-14-41(32-67-5)53(61)75)66(56(70)77)42(34-71)9-6-10-43(66)35-82-83-57(62)78/h8,17,23-28,37-38,40-43,47-49,52-55,57,67,71-73,75-76,78-80H,6-7,9-16,18-22,29-36H2,1-5H3/t38-,40+,41+,42+,43+,47+,48-,49-,52+,53-,54-,55-,57-,58+,59+,60-,61-,62+,63-,64+,65-,66+/m1/s1. The fourth-order valence-electron chi connectivity index (χ4n) is 23.3. The van der Waals surface area contributed by atoms with Gasteiger partial charge in [-0.3, -0.25) is 9.59 Å². The maximum Gasteiger partial charge on any atom is 0.234 e. The van der Waals surface area contributed by atoms with Crippen molar-refractivity contribution in [3.63, 3.8) is 0 Å². The number of amides is 1. The zero-order chi connectivity index (χ0) is 58.2. The van der Waals surface area contributed by atoms with Crippen LogP contribution in [0, 0.1) is 85.2 Å². The fourth-order valence-corrected chi connectivity index (χ4v) is 26.3. The van der Waals surface area contributed by atoms with Gasteiger partial charge in [0.25, 0.3) is 0 Å². The summed E-state index contributed by atoms with van der Waals surface area (Å²) in [5.41, 5.74) is -10.9. The van der Waals surface area contributed by atoms with Gasteiger partial charge < -0.3 is 60.4 Å². The topological polar surface area (TPSA) is 242 Å². The third-order valence-electron chi connectivity index (χ3n) is 27.1. The lowest BCUT2D eigenvalue weighted by molar-refractivity contribution is -0.272. The van der Waals surface area contributed by atoms with Gasteiger partial charge >= 0.3 is 0 Å². The van der Waals surface area contributed by atoms with E-state index in [0.29, 0.717) is 126 Å². The fraction of sp³-hybridized carbons (Fsp3) is 0.773. The van der Waals surface area contributed by atoms with E-state index >= 15 is 14.7 Å². The van der Waals surface area contributed by atoms with Crippen LogP contribution in [0.2, 0.25) is 0 Å². The van der Waals surface area contributed by atoms with E-state index in [9.17, 15) is 35.7 Å². The summed E-state index contributed by atoms with van der Waals surface area (Å²) in [6.45, 7) is 9.86. The molecule has 2 saturated heterocycles. The number of benzene rings is 1. The average Bonchev–Trinajstić information content (AvgIpc) is 1.65. The Morgan fingerprint density at radius 2 is 1.71 bits per heavy atom. The molecule has 9 N–H and O–H groups in total. The minimum absolute atomic E-state index is 0.0153. The number of epoxide rings is 1. The number of carbonyl (C=O) groups excluding carboxylic acids is 2. The van der Waals surface area contributed by atoms with Gasteiger partial charge in [-0.15, -0.1) is 0 Å². The number of phenolic OH excluding ortho intramolecular Hbond substituents is 1. The molecule has 6 saturated carbocycles. The minimum Gasteiger partial charge on any atom is -0.508 e. The van der Waals surface area contributed by atoms with Crippen molar-refractivity contribution in [1.82, 2.24) is 14.9 Å². The molecule has 15 nitrogen and oxygen atoms in total. The first-order chi connectivity index (χ1) is 39.6. The second kappa shape index (κ2) is 19.8. The monoisotopic (exact) mass is 1180 g/mol.